The third-order valence-corrected chi connectivity index (χ3v) is 2.75. The van der Waals surface area contributed by atoms with Gasteiger partial charge in [-0.15, -0.1) is 11.6 Å². The highest BCUT2D eigenvalue weighted by Crippen LogP contribution is 2.18. The summed E-state index contributed by atoms with van der Waals surface area (Å²) in [6.45, 7) is 1.09. The average Bonchev–Trinajstić information content (AvgIpc) is 1.64. The fraction of sp³-hybridized carbons (Fsp3) is 1.00. The van der Waals surface area contributed by atoms with Gasteiger partial charge >= 0.3 is 0 Å². The molecule has 3 heteroatoms. The molecule has 2 unspecified atom stereocenters. The van der Waals surface area contributed by atoms with Gasteiger partial charge < -0.3 is 5.32 Å². The monoisotopic (exact) mass is 245 g/mol. The lowest BCUT2D eigenvalue weighted by atomic mass is 10.2. The Kier molecular flexibility index (Phi) is 2.86. The molecule has 0 amide bonds. The van der Waals surface area contributed by atoms with Gasteiger partial charge in [0.15, 0.2) is 0 Å². The van der Waals surface area contributed by atoms with Crippen molar-refractivity contribution in [3.8, 4) is 0 Å². The molecule has 0 aliphatic carbocycles. The molecular weight excluding hydrogens is 236 g/mol. The summed E-state index contributed by atoms with van der Waals surface area (Å²) in [5, 5.41) is 3.17. The first-order valence-corrected chi connectivity index (χ1v) is 4.49. The van der Waals surface area contributed by atoms with Crippen LogP contribution in [-0.2, 0) is 0 Å². The van der Waals surface area contributed by atoms with E-state index in [2.05, 4.69) is 27.9 Å². The summed E-state index contributed by atoms with van der Waals surface area (Å²) < 4.78 is 0.788. The van der Waals surface area contributed by atoms with Crippen LogP contribution in [0.1, 0.15) is 12.8 Å². The Balaban J connectivity index is 2.23. The molecule has 0 radical (unpaired) electrons. The van der Waals surface area contributed by atoms with Crippen molar-refractivity contribution >= 4 is 34.2 Å². The molecule has 0 aromatic heterocycles. The summed E-state index contributed by atoms with van der Waals surface area (Å²) >= 11 is 8.24. The zero-order valence-electron chi connectivity index (χ0n) is 4.53. The van der Waals surface area contributed by atoms with Crippen LogP contribution in [-0.4, -0.2) is 16.0 Å². The minimum absolute atomic E-state index is 0.227. The van der Waals surface area contributed by atoms with E-state index in [1.54, 1.807) is 0 Å². The minimum atomic E-state index is 0.227. The molecule has 1 aliphatic rings. The second-order valence-electron chi connectivity index (χ2n) is 2.04. The molecule has 0 aromatic rings. The summed E-state index contributed by atoms with van der Waals surface area (Å²) in [7, 11) is 0. The quantitative estimate of drug-likeness (QED) is 0.389. The van der Waals surface area contributed by atoms with E-state index in [0.717, 1.165) is 16.9 Å². The topological polar surface area (TPSA) is 12.0 Å². The molecule has 1 nitrogen and oxygen atoms in total. The molecule has 48 valence electrons. The highest BCUT2D eigenvalue weighted by molar-refractivity contribution is 14.1. The van der Waals surface area contributed by atoms with E-state index in [0.29, 0.717) is 0 Å². The SMILES string of the molecule is ClC1CC(I)CCN1. The predicted molar refractivity (Wildman–Crippen MR) is 44.7 cm³/mol. The largest absolute Gasteiger partial charge is 0.301 e. The Morgan fingerprint density at radius 1 is 1.62 bits per heavy atom. The lowest BCUT2D eigenvalue weighted by Gasteiger charge is -2.21. The Bertz CT molecular complexity index is 70.8. The van der Waals surface area contributed by atoms with Gasteiger partial charge in [0.2, 0.25) is 0 Å². The van der Waals surface area contributed by atoms with Crippen molar-refractivity contribution in [1.29, 1.82) is 0 Å². The summed E-state index contributed by atoms with van der Waals surface area (Å²) in [5.41, 5.74) is 0.227. The van der Waals surface area contributed by atoms with Crippen molar-refractivity contribution < 1.29 is 0 Å². The zero-order valence-corrected chi connectivity index (χ0v) is 7.45. The van der Waals surface area contributed by atoms with Gasteiger partial charge in [-0.3, -0.25) is 0 Å². The van der Waals surface area contributed by atoms with Crippen molar-refractivity contribution in [2.45, 2.75) is 22.3 Å². The second kappa shape index (κ2) is 3.22. The molecular formula is C5H9ClIN. The van der Waals surface area contributed by atoms with Crippen LogP contribution in [0.3, 0.4) is 0 Å². The number of nitrogens with one attached hydrogen (secondary N) is 1. The van der Waals surface area contributed by atoms with Crippen LogP contribution in [0.4, 0.5) is 0 Å². The van der Waals surface area contributed by atoms with Gasteiger partial charge in [0.25, 0.3) is 0 Å². The van der Waals surface area contributed by atoms with Crippen LogP contribution in [0.5, 0.6) is 0 Å². The molecule has 0 spiro atoms. The Hall–Kier alpha value is 0.980. The normalized spacial score (nSPS) is 39.8. The first kappa shape index (κ1) is 7.09. The van der Waals surface area contributed by atoms with Crippen LogP contribution < -0.4 is 5.32 Å². The van der Waals surface area contributed by atoms with Gasteiger partial charge in [0.1, 0.15) is 0 Å². The lowest BCUT2D eigenvalue weighted by molar-refractivity contribution is 0.507. The average molecular weight is 245 g/mol. The van der Waals surface area contributed by atoms with E-state index in [1.807, 2.05) is 0 Å². The summed E-state index contributed by atoms with van der Waals surface area (Å²) in [6, 6.07) is 0. The van der Waals surface area contributed by atoms with Crippen LogP contribution >= 0.6 is 34.2 Å². The van der Waals surface area contributed by atoms with Gasteiger partial charge in [-0.2, -0.15) is 0 Å². The van der Waals surface area contributed by atoms with Crippen molar-refractivity contribution in [3.63, 3.8) is 0 Å². The number of alkyl halides is 2. The van der Waals surface area contributed by atoms with Crippen LogP contribution in [0.15, 0.2) is 0 Å². The van der Waals surface area contributed by atoms with Crippen LogP contribution in [0.25, 0.3) is 0 Å². The van der Waals surface area contributed by atoms with E-state index in [1.165, 1.54) is 6.42 Å². The highest BCUT2D eigenvalue weighted by atomic mass is 127. The summed E-state index contributed by atoms with van der Waals surface area (Å²) in [6.07, 6.45) is 2.38. The van der Waals surface area contributed by atoms with E-state index in [4.69, 9.17) is 11.6 Å². The smallest absolute Gasteiger partial charge is 0.0835 e. The third-order valence-electron chi connectivity index (χ3n) is 1.29. The minimum Gasteiger partial charge on any atom is -0.301 e. The summed E-state index contributed by atoms with van der Waals surface area (Å²) in [5.74, 6) is 0. The van der Waals surface area contributed by atoms with Gasteiger partial charge in [0.05, 0.1) is 5.50 Å². The number of rotatable bonds is 0. The van der Waals surface area contributed by atoms with Crippen molar-refractivity contribution in [1.82, 2.24) is 5.32 Å². The van der Waals surface area contributed by atoms with Gasteiger partial charge in [-0.1, -0.05) is 22.6 Å². The molecule has 0 saturated carbocycles. The molecule has 1 fully saturated rings. The molecule has 1 N–H and O–H groups in total. The molecule has 1 saturated heterocycles. The van der Waals surface area contributed by atoms with Crippen molar-refractivity contribution in [3.05, 3.63) is 0 Å². The van der Waals surface area contributed by atoms with E-state index in [9.17, 15) is 0 Å². The Morgan fingerprint density at radius 2 is 2.38 bits per heavy atom. The third kappa shape index (κ3) is 2.07. The molecule has 8 heavy (non-hydrogen) atoms. The van der Waals surface area contributed by atoms with E-state index >= 15 is 0 Å². The standard InChI is InChI=1S/C5H9ClIN/c6-5-3-4(7)1-2-8-5/h4-5,8H,1-3H2. The second-order valence-corrected chi connectivity index (χ2v) is 4.33. The van der Waals surface area contributed by atoms with Crippen molar-refractivity contribution in [2.75, 3.05) is 6.54 Å². The Labute approximate surface area is 68.3 Å². The first-order valence-electron chi connectivity index (χ1n) is 2.80. The zero-order chi connectivity index (χ0) is 5.98. The van der Waals surface area contributed by atoms with Crippen LogP contribution in [0, 0.1) is 0 Å². The maximum atomic E-state index is 5.80. The van der Waals surface area contributed by atoms with E-state index < -0.39 is 0 Å². The maximum absolute atomic E-state index is 5.80. The lowest BCUT2D eigenvalue weighted by Crippen LogP contribution is -2.34. The van der Waals surface area contributed by atoms with Gasteiger partial charge in [-0.05, 0) is 19.4 Å². The molecule has 1 aliphatic heterocycles. The predicted octanol–water partition coefficient (Wildman–Crippen LogP) is 1.74. The molecule has 0 aromatic carbocycles. The fourth-order valence-electron chi connectivity index (χ4n) is 0.822. The molecule has 0 bridgehead atoms. The molecule has 2 atom stereocenters. The maximum Gasteiger partial charge on any atom is 0.0835 e. The first-order chi connectivity index (χ1) is 3.79. The van der Waals surface area contributed by atoms with Crippen molar-refractivity contribution in [2.24, 2.45) is 0 Å². The number of piperidine rings is 1. The van der Waals surface area contributed by atoms with Crippen LogP contribution in [0.2, 0.25) is 0 Å². The summed E-state index contributed by atoms with van der Waals surface area (Å²) in [4.78, 5) is 0. The number of hydrogen-bond donors (Lipinski definition) is 1. The molecule has 1 rings (SSSR count). The highest BCUT2D eigenvalue weighted by Gasteiger charge is 2.15. The van der Waals surface area contributed by atoms with E-state index in [-0.39, 0.29) is 5.50 Å². The van der Waals surface area contributed by atoms with Gasteiger partial charge in [0, 0.05) is 3.92 Å². The fourth-order valence-corrected chi connectivity index (χ4v) is 2.27. The Morgan fingerprint density at radius 3 is 2.75 bits per heavy atom. The van der Waals surface area contributed by atoms with Gasteiger partial charge in [-0.25, -0.2) is 0 Å². The number of hydrogen-bond acceptors (Lipinski definition) is 1. The molecule has 1 heterocycles. The number of halogens is 2.